The lowest BCUT2D eigenvalue weighted by Crippen LogP contribution is -2.43. The summed E-state index contributed by atoms with van der Waals surface area (Å²) < 4.78 is 1.45. The summed E-state index contributed by atoms with van der Waals surface area (Å²) in [4.78, 5) is 21.8. The number of carbonyl (C=O) groups excluding carboxylic acids is 1. The number of aliphatic carboxylic acids is 1. The second-order valence-electron chi connectivity index (χ2n) is 3.06. The van der Waals surface area contributed by atoms with Crippen molar-refractivity contribution in [3.8, 4) is 0 Å². The molecule has 0 aliphatic rings. The number of carboxylic acids is 1. The van der Waals surface area contributed by atoms with Crippen LogP contribution in [0.4, 0.5) is 0 Å². The molecule has 0 unspecified atom stereocenters. The Balaban J connectivity index is 2.33. The van der Waals surface area contributed by atoms with Gasteiger partial charge in [0.25, 0.3) is 0 Å². The first kappa shape index (κ1) is 12.1. The molecule has 0 spiro atoms. The van der Waals surface area contributed by atoms with E-state index in [1.165, 1.54) is 10.9 Å². The van der Waals surface area contributed by atoms with Crippen molar-refractivity contribution in [2.75, 3.05) is 6.61 Å². The van der Waals surface area contributed by atoms with Crippen molar-refractivity contribution in [1.82, 2.24) is 20.3 Å². The number of aliphatic hydroxyl groups excluding tert-OH is 1. The number of aryl methyl sites for hydroxylation is 1. The fraction of sp³-hybridized carbons (Fsp3) is 0.500. The Kier molecular flexibility index (Phi) is 4.40. The number of nitrogens with zero attached hydrogens (tertiary/aromatic N) is 3. The van der Waals surface area contributed by atoms with Crippen LogP contribution in [0.5, 0.6) is 0 Å². The van der Waals surface area contributed by atoms with Crippen molar-refractivity contribution in [3.05, 3.63) is 12.4 Å². The summed E-state index contributed by atoms with van der Waals surface area (Å²) in [6, 6.07) is -1.26. The predicted octanol–water partition coefficient (Wildman–Crippen LogP) is -1.77. The number of aromatic nitrogens is 3. The maximum Gasteiger partial charge on any atom is 0.328 e. The topological polar surface area (TPSA) is 117 Å². The average Bonchev–Trinajstić information content (AvgIpc) is 2.75. The number of aliphatic hydroxyl groups is 1. The van der Waals surface area contributed by atoms with Crippen LogP contribution in [0, 0.1) is 0 Å². The number of hydrogen-bond donors (Lipinski definition) is 3. The highest BCUT2D eigenvalue weighted by Gasteiger charge is 2.18. The van der Waals surface area contributed by atoms with E-state index in [0.717, 1.165) is 0 Å². The Morgan fingerprint density at radius 1 is 1.50 bits per heavy atom. The van der Waals surface area contributed by atoms with E-state index in [1.54, 1.807) is 6.20 Å². The Bertz CT molecular complexity index is 351. The molecule has 1 aromatic rings. The number of amides is 1. The molecule has 0 bridgehead atoms. The number of carboxylic acid groups (broad SMARTS) is 1. The molecule has 8 nitrogen and oxygen atoms in total. The highest BCUT2D eigenvalue weighted by molar-refractivity contribution is 5.83. The van der Waals surface area contributed by atoms with Gasteiger partial charge in [0.1, 0.15) is 6.04 Å². The number of carbonyl (C=O) groups is 2. The summed E-state index contributed by atoms with van der Waals surface area (Å²) in [5.74, 6) is -1.73. The molecule has 0 aliphatic carbocycles. The molecule has 0 saturated carbocycles. The minimum atomic E-state index is -1.27. The van der Waals surface area contributed by atoms with Crippen molar-refractivity contribution in [3.63, 3.8) is 0 Å². The van der Waals surface area contributed by atoms with Gasteiger partial charge in [-0.2, -0.15) is 0 Å². The largest absolute Gasteiger partial charge is 0.480 e. The van der Waals surface area contributed by atoms with Crippen LogP contribution in [0.15, 0.2) is 12.4 Å². The van der Waals surface area contributed by atoms with E-state index in [1.807, 2.05) is 0 Å². The van der Waals surface area contributed by atoms with Gasteiger partial charge in [0.15, 0.2) is 0 Å². The van der Waals surface area contributed by atoms with Gasteiger partial charge in [-0.3, -0.25) is 9.48 Å². The predicted molar refractivity (Wildman–Crippen MR) is 51.3 cm³/mol. The molecule has 8 heteroatoms. The van der Waals surface area contributed by atoms with Gasteiger partial charge in [0.05, 0.1) is 19.3 Å². The number of hydrogen-bond acceptors (Lipinski definition) is 5. The molecule has 1 amide bonds. The standard InChI is InChI=1S/C8H12N4O4/c13-5-6(8(15)16)10-7(14)1-3-12-4-2-9-11-12/h2,4,6,13H,1,3,5H2,(H,10,14)(H,15,16)/t6-/m0/s1. The third-order valence-corrected chi connectivity index (χ3v) is 1.86. The van der Waals surface area contributed by atoms with Gasteiger partial charge in [0, 0.05) is 12.6 Å². The first-order valence-electron chi connectivity index (χ1n) is 4.60. The van der Waals surface area contributed by atoms with Crippen LogP contribution in [0.25, 0.3) is 0 Å². The minimum absolute atomic E-state index is 0.0765. The van der Waals surface area contributed by atoms with Crippen LogP contribution in [-0.4, -0.2) is 49.7 Å². The van der Waals surface area contributed by atoms with Gasteiger partial charge >= 0.3 is 5.97 Å². The van der Waals surface area contributed by atoms with E-state index in [4.69, 9.17) is 10.2 Å². The molecule has 16 heavy (non-hydrogen) atoms. The van der Waals surface area contributed by atoms with E-state index < -0.39 is 24.5 Å². The summed E-state index contributed by atoms with van der Waals surface area (Å²) in [6.07, 6.45) is 3.15. The Hall–Kier alpha value is -1.96. The van der Waals surface area contributed by atoms with Crippen LogP contribution in [-0.2, 0) is 16.1 Å². The lowest BCUT2D eigenvalue weighted by Gasteiger charge is -2.11. The molecular weight excluding hydrogens is 216 g/mol. The average molecular weight is 228 g/mol. The zero-order chi connectivity index (χ0) is 12.0. The van der Waals surface area contributed by atoms with Gasteiger partial charge < -0.3 is 15.5 Å². The number of rotatable bonds is 6. The normalized spacial score (nSPS) is 12.1. The van der Waals surface area contributed by atoms with Gasteiger partial charge in [-0.15, -0.1) is 5.10 Å². The lowest BCUT2D eigenvalue weighted by atomic mass is 10.3. The molecule has 0 aromatic carbocycles. The minimum Gasteiger partial charge on any atom is -0.480 e. The van der Waals surface area contributed by atoms with E-state index in [0.29, 0.717) is 6.54 Å². The second kappa shape index (κ2) is 5.81. The molecule has 1 rings (SSSR count). The summed E-state index contributed by atoms with van der Waals surface area (Å²) in [7, 11) is 0. The molecule has 0 aliphatic heterocycles. The van der Waals surface area contributed by atoms with Crippen LogP contribution < -0.4 is 5.32 Å². The van der Waals surface area contributed by atoms with E-state index in [-0.39, 0.29) is 6.42 Å². The van der Waals surface area contributed by atoms with Crippen molar-refractivity contribution in [2.45, 2.75) is 19.0 Å². The van der Waals surface area contributed by atoms with Crippen LogP contribution in [0.3, 0.4) is 0 Å². The third kappa shape index (κ3) is 3.65. The molecule has 1 aromatic heterocycles. The zero-order valence-corrected chi connectivity index (χ0v) is 8.41. The van der Waals surface area contributed by atoms with Crippen LogP contribution in [0.1, 0.15) is 6.42 Å². The number of nitrogens with one attached hydrogen (secondary N) is 1. The van der Waals surface area contributed by atoms with Gasteiger partial charge in [-0.05, 0) is 0 Å². The maximum absolute atomic E-state index is 11.3. The first-order chi connectivity index (χ1) is 7.63. The lowest BCUT2D eigenvalue weighted by molar-refractivity contribution is -0.143. The Labute approximate surface area is 90.9 Å². The molecular formula is C8H12N4O4. The molecule has 0 saturated heterocycles. The monoisotopic (exact) mass is 228 g/mol. The first-order valence-corrected chi connectivity index (χ1v) is 4.60. The van der Waals surface area contributed by atoms with Crippen molar-refractivity contribution >= 4 is 11.9 Å². The van der Waals surface area contributed by atoms with Crippen molar-refractivity contribution in [2.24, 2.45) is 0 Å². The fourth-order valence-electron chi connectivity index (χ4n) is 1.02. The zero-order valence-electron chi connectivity index (χ0n) is 8.41. The summed E-state index contributed by atoms with van der Waals surface area (Å²) in [6.45, 7) is -0.325. The highest BCUT2D eigenvalue weighted by atomic mass is 16.4. The summed E-state index contributed by atoms with van der Waals surface area (Å²) in [5, 5.41) is 26.6. The molecule has 88 valence electrons. The second-order valence-corrected chi connectivity index (χ2v) is 3.06. The van der Waals surface area contributed by atoms with E-state index in [2.05, 4.69) is 15.6 Å². The van der Waals surface area contributed by atoms with Crippen molar-refractivity contribution < 1.29 is 19.8 Å². The van der Waals surface area contributed by atoms with E-state index >= 15 is 0 Å². The van der Waals surface area contributed by atoms with Crippen LogP contribution >= 0.6 is 0 Å². The van der Waals surface area contributed by atoms with Crippen LogP contribution in [0.2, 0.25) is 0 Å². The summed E-state index contributed by atoms with van der Waals surface area (Å²) in [5.41, 5.74) is 0. The molecule has 0 fully saturated rings. The van der Waals surface area contributed by atoms with Gasteiger partial charge in [0.2, 0.25) is 5.91 Å². The fourth-order valence-corrected chi connectivity index (χ4v) is 1.02. The molecule has 0 radical (unpaired) electrons. The van der Waals surface area contributed by atoms with Crippen molar-refractivity contribution in [1.29, 1.82) is 0 Å². The molecule has 1 atom stereocenters. The Morgan fingerprint density at radius 2 is 2.25 bits per heavy atom. The van der Waals surface area contributed by atoms with Gasteiger partial charge in [-0.25, -0.2) is 4.79 Å². The molecule has 3 N–H and O–H groups in total. The maximum atomic E-state index is 11.3. The smallest absolute Gasteiger partial charge is 0.328 e. The van der Waals surface area contributed by atoms with Gasteiger partial charge in [-0.1, -0.05) is 5.21 Å². The highest BCUT2D eigenvalue weighted by Crippen LogP contribution is 1.90. The Morgan fingerprint density at radius 3 is 2.75 bits per heavy atom. The quantitative estimate of drug-likeness (QED) is 0.530. The third-order valence-electron chi connectivity index (χ3n) is 1.86. The SMILES string of the molecule is O=C(CCn1ccnn1)N[C@@H](CO)C(=O)O. The molecule has 1 heterocycles. The van der Waals surface area contributed by atoms with E-state index in [9.17, 15) is 9.59 Å². The summed E-state index contributed by atoms with van der Waals surface area (Å²) >= 11 is 0.